The normalized spacial score (nSPS) is 16.5. The molecule has 2 N–H and O–H groups in total. The Morgan fingerprint density at radius 1 is 1.17 bits per heavy atom. The fraction of sp³-hybridized carbons (Fsp3) is 0.417. The fourth-order valence-corrected chi connectivity index (χ4v) is 3.23. The first kappa shape index (κ1) is 21.8. The van der Waals surface area contributed by atoms with Gasteiger partial charge in [0.15, 0.2) is 0 Å². The van der Waals surface area contributed by atoms with E-state index in [1.54, 1.807) is 24.3 Å². The zero-order chi connectivity index (χ0) is 21.3. The number of ether oxygens (including phenoxy) is 2. The summed E-state index contributed by atoms with van der Waals surface area (Å²) in [5.74, 6) is 1.40. The molecule has 1 amide bonds. The summed E-state index contributed by atoms with van der Waals surface area (Å²) in [5.41, 5.74) is 2.68. The largest absolute Gasteiger partial charge is 0.494 e. The number of amides is 1. The maximum atomic E-state index is 12.7. The lowest BCUT2D eigenvalue weighted by molar-refractivity contribution is 0.0975. The summed E-state index contributed by atoms with van der Waals surface area (Å²) < 4.78 is 11.1. The van der Waals surface area contributed by atoms with Crippen LogP contribution in [-0.2, 0) is 4.74 Å². The van der Waals surface area contributed by atoms with Gasteiger partial charge in [0, 0.05) is 17.9 Å². The van der Waals surface area contributed by atoms with Gasteiger partial charge in [-0.3, -0.25) is 10.1 Å². The molecule has 0 aromatic heterocycles. The molecule has 1 heterocycles. The SMILES string of the molecule is CCOc1ccc(C(=O)NC(=NCC2CCCO2)Nc2ccc(C(C)C)cc2)cc1. The highest BCUT2D eigenvalue weighted by molar-refractivity contribution is 6.10. The molecule has 1 aliphatic rings. The van der Waals surface area contributed by atoms with E-state index in [1.807, 2.05) is 19.1 Å². The van der Waals surface area contributed by atoms with Crippen molar-refractivity contribution in [3.8, 4) is 5.75 Å². The van der Waals surface area contributed by atoms with E-state index < -0.39 is 0 Å². The van der Waals surface area contributed by atoms with Crippen molar-refractivity contribution in [3.63, 3.8) is 0 Å². The predicted octanol–water partition coefficient (Wildman–Crippen LogP) is 4.59. The van der Waals surface area contributed by atoms with Crippen LogP contribution in [0.3, 0.4) is 0 Å². The van der Waals surface area contributed by atoms with E-state index in [9.17, 15) is 4.79 Å². The van der Waals surface area contributed by atoms with E-state index in [4.69, 9.17) is 9.47 Å². The molecule has 2 aromatic carbocycles. The van der Waals surface area contributed by atoms with Gasteiger partial charge in [0.25, 0.3) is 5.91 Å². The zero-order valence-electron chi connectivity index (χ0n) is 18.0. The van der Waals surface area contributed by atoms with Crippen molar-refractivity contribution in [2.45, 2.75) is 45.6 Å². The minimum atomic E-state index is -0.226. The number of hydrogen-bond acceptors (Lipinski definition) is 4. The first-order chi connectivity index (χ1) is 14.5. The van der Waals surface area contributed by atoms with Crippen molar-refractivity contribution in [1.29, 1.82) is 0 Å². The summed E-state index contributed by atoms with van der Waals surface area (Å²) in [4.78, 5) is 17.3. The lowest BCUT2D eigenvalue weighted by Gasteiger charge is -2.14. The number of nitrogens with zero attached hydrogens (tertiary/aromatic N) is 1. The van der Waals surface area contributed by atoms with Crippen LogP contribution in [0.25, 0.3) is 0 Å². The van der Waals surface area contributed by atoms with E-state index in [2.05, 4.69) is 41.6 Å². The molecule has 1 atom stereocenters. The third-order valence-corrected chi connectivity index (χ3v) is 4.98. The van der Waals surface area contributed by atoms with Gasteiger partial charge in [-0.15, -0.1) is 0 Å². The minimum absolute atomic E-state index is 0.104. The second-order valence-electron chi connectivity index (χ2n) is 7.64. The Kier molecular flexibility index (Phi) is 7.85. The molecule has 0 bridgehead atoms. The van der Waals surface area contributed by atoms with Crippen molar-refractivity contribution < 1.29 is 14.3 Å². The number of anilines is 1. The molecule has 0 saturated carbocycles. The highest BCUT2D eigenvalue weighted by atomic mass is 16.5. The Morgan fingerprint density at radius 2 is 1.90 bits per heavy atom. The van der Waals surface area contributed by atoms with Gasteiger partial charge in [-0.25, -0.2) is 4.99 Å². The number of hydrogen-bond donors (Lipinski definition) is 2. The third kappa shape index (κ3) is 6.32. The Hall–Kier alpha value is -2.86. The van der Waals surface area contributed by atoms with Crippen LogP contribution in [0.5, 0.6) is 5.75 Å². The summed E-state index contributed by atoms with van der Waals surface area (Å²) in [6, 6.07) is 15.2. The van der Waals surface area contributed by atoms with Gasteiger partial charge in [-0.05, 0) is 67.6 Å². The second kappa shape index (κ2) is 10.8. The van der Waals surface area contributed by atoms with Crippen LogP contribution in [0, 0.1) is 0 Å². The highest BCUT2D eigenvalue weighted by Crippen LogP contribution is 2.18. The molecular formula is C24H31N3O3. The summed E-state index contributed by atoms with van der Waals surface area (Å²) in [5, 5.41) is 6.14. The molecule has 1 saturated heterocycles. The molecule has 0 aliphatic carbocycles. The third-order valence-electron chi connectivity index (χ3n) is 4.98. The Labute approximate surface area is 178 Å². The minimum Gasteiger partial charge on any atom is -0.494 e. The number of rotatable bonds is 7. The van der Waals surface area contributed by atoms with Gasteiger partial charge in [-0.1, -0.05) is 26.0 Å². The van der Waals surface area contributed by atoms with Crippen molar-refractivity contribution >= 4 is 17.6 Å². The van der Waals surface area contributed by atoms with Crippen LogP contribution in [0.15, 0.2) is 53.5 Å². The molecular weight excluding hydrogens is 378 g/mol. The average Bonchev–Trinajstić information content (AvgIpc) is 3.27. The number of aliphatic imine (C=N–C) groups is 1. The van der Waals surface area contributed by atoms with Gasteiger partial charge < -0.3 is 14.8 Å². The summed E-state index contributed by atoms with van der Waals surface area (Å²) >= 11 is 0. The molecule has 0 radical (unpaired) electrons. The number of nitrogens with one attached hydrogen (secondary N) is 2. The van der Waals surface area contributed by atoms with Crippen molar-refractivity contribution in [2.24, 2.45) is 4.99 Å². The summed E-state index contributed by atoms with van der Waals surface area (Å²) in [6.45, 7) is 8.12. The van der Waals surface area contributed by atoms with Crippen molar-refractivity contribution in [3.05, 3.63) is 59.7 Å². The van der Waals surface area contributed by atoms with Crippen LogP contribution in [0.1, 0.15) is 55.5 Å². The molecule has 3 rings (SSSR count). The lowest BCUT2D eigenvalue weighted by Crippen LogP contribution is -2.36. The second-order valence-corrected chi connectivity index (χ2v) is 7.64. The molecule has 6 nitrogen and oxygen atoms in total. The van der Waals surface area contributed by atoms with Gasteiger partial charge in [0.2, 0.25) is 5.96 Å². The van der Waals surface area contributed by atoms with Crippen LogP contribution in [0.2, 0.25) is 0 Å². The quantitative estimate of drug-likeness (QED) is 0.518. The fourth-order valence-electron chi connectivity index (χ4n) is 3.23. The molecule has 160 valence electrons. The lowest BCUT2D eigenvalue weighted by atomic mass is 10.0. The topological polar surface area (TPSA) is 72.0 Å². The van der Waals surface area contributed by atoms with Gasteiger partial charge in [-0.2, -0.15) is 0 Å². The molecule has 6 heteroatoms. The number of carbonyl (C=O) groups excluding carboxylic acids is 1. The average molecular weight is 410 g/mol. The van der Waals surface area contributed by atoms with E-state index >= 15 is 0 Å². The van der Waals surface area contributed by atoms with Crippen LogP contribution < -0.4 is 15.4 Å². The van der Waals surface area contributed by atoms with E-state index in [0.717, 1.165) is 30.9 Å². The maximum absolute atomic E-state index is 12.7. The Bertz CT molecular complexity index is 839. The van der Waals surface area contributed by atoms with Crippen molar-refractivity contribution in [1.82, 2.24) is 5.32 Å². The molecule has 2 aromatic rings. The first-order valence-electron chi connectivity index (χ1n) is 10.6. The maximum Gasteiger partial charge on any atom is 0.257 e. The van der Waals surface area contributed by atoms with Crippen LogP contribution in [0.4, 0.5) is 5.69 Å². The summed E-state index contributed by atoms with van der Waals surface area (Å²) in [7, 11) is 0. The van der Waals surface area contributed by atoms with E-state index in [-0.39, 0.29) is 12.0 Å². The molecule has 1 fully saturated rings. The zero-order valence-corrected chi connectivity index (χ0v) is 18.0. The molecule has 1 aliphatic heterocycles. The monoisotopic (exact) mass is 409 g/mol. The Balaban J connectivity index is 1.71. The van der Waals surface area contributed by atoms with E-state index in [0.29, 0.717) is 30.6 Å². The Morgan fingerprint density at radius 3 is 2.50 bits per heavy atom. The van der Waals surface area contributed by atoms with Gasteiger partial charge >= 0.3 is 0 Å². The van der Waals surface area contributed by atoms with Crippen molar-refractivity contribution in [2.75, 3.05) is 25.1 Å². The molecule has 0 spiro atoms. The standard InChI is InChI=1S/C24H31N3O3/c1-4-29-21-13-9-19(10-14-21)23(28)27-24(25-16-22-6-5-15-30-22)26-20-11-7-18(8-12-20)17(2)3/h7-14,17,22H,4-6,15-16H2,1-3H3,(H2,25,26,27,28). The number of guanidine groups is 1. The molecule has 30 heavy (non-hydrogen) atoms. The number of benzene rings is 2. The van der Waals surface area contributed by atoms with E-state index in [1.165, 1.54) is 5.56 Å². The van der Waals surface area contributed by atoms with Crippen LogP contribution >= 0.6 is 0 Å². The van der Waals surface area contributed by atoms with Crippen LogP contribution in [-0.4, -0.2) is 37.7 Å². The summed E-state index contributed by atoms with van der Waals surface area (Å²) in [6.07, 6.45) is 2.15. The predicted molar refractivity (Wildman–Crippen MR) is 121 cm³/mol. The molecule has 1 unspecified atom stereocenters. The highest BCUT2D eigenvalue weighted by Gasteiger charge is 2.16. The first-order valence-corrected chi connectivity index (χ1v) is 10.6. The van der Waals surface area contributed by atoms with Gasteiger partial charge in [0.05, 0.1) is 19.3 Å². The smallest absolute Gasteiger partial charge is 0.257 e. The number of carbonyl (C=O) groups is 1. The van der Waals surface area contributed by atoms with Gasteiger partial charge in [0.1, 0.15) is 5.75 Å².